The fraction of sp³-hybridized carbons (Fsp3) is 0.133. The van der Waals surface area contributed by atoms with E-state index >= 15 is 0 Å². The van der Waals surface area contributed by atoms with E-state index in [2.05, 4.69) is 15.9 Å². The molecule has 17 heavy (non-hydrogen) atoms. The maximum Gasteiger partial charge on any atom is 0.193 e. The van der Waals surface area contributed by atoms with Gasteiger partial charge in [-0.25, -0.2) is 0 Å². The van der Waals surface area contributed by atoms with Crippen molar-refractivity contribution in [2.45, 2.75) is 13.8 Å². The Balaban J connectivity index is 2.44. The standard InChI is InChI=1S/C15H13BrO/c1-10-4-3-5-14(11(10)2)15(17)12-6-8-13(16)9-7-12/h3-9H,1-2H3. The van der Waals surface area contributed by atoms with Crippen molar-refractivity contribution in [3.8, 4) is 0 Å². The molecule has 0 aliphatic rings. The number of ketones is 1. The summed E-state index contributed by atoms with van der Waals surface area (Å²) in [5.74, 6) is 0.0821. The number of carbonyl (C=O) groups is 1. The van der Waals surface area contributed by atoms with Gasteiger partial charge < -0.3 is 0 Å². The van der Waals surface area contributed by atoms with Gasteiger partial charge in [-0.15, -0.1) is 0 Å². The van der Waals surface area contributed by atoms with Crippen LogP contribution in [0.15, 0.2) is 46.9 Å². The van der Waals surface area contributed by atoms with Gasteiger partial charge in [0.2, 0.25) is 0 Å². The molecule has 0 radical (unpaired) electrons. The molecule has 0 N–H and O–H groups in total. The maximum absolute atomic E-state index is 12.3. The van der Waals surface area contributed by atoms with E-state index in [1.54, 1.807) is 0 Å². The summed E-state index contributed by atoms with van der Waals surface area (Å²) >= 11 is 3.37. The van der Waals surface area contributed by atoms with Crippen LogP contribution in [-0.4, -0.2) is 5.78 Å². The minimum Gasteiger partial charge on any atom is -0.289 e. The van der Waals surface area contributed by atoms with Gasteiger partial charge in [-0.2, -0.15) is 0 Å². The monoisotopic (exact) mass is 288 g/mol. The van der Waals surface area contributed by atoms with Crippen LogP contribution in [0.25, 0.3) is 0 Å². The van der Waals surface area contributed by atoms with E-state index in [0.29, 0.717) is 0 Å². The average Bonchev–Trinajstić information content (AvgIpc) is 2.33. The zero-order valence-electron chi connectivity index (χ0n) is 9.83. The Kier molecular flexibility index (Phi) is 3.43. The molecule has 86 valence electrons. The van der Waals surface area contributed by atoms with Crippen LogP contribution in [0, 0.1) is 13.8 Å². The van der Waals surface area contributed by atoms with Crippen molar-refractivity contribution in [3.05, 3.63) is 69.2 Å². The van der Waals surface area contributed by atoms with Crippen LogP contribution in [0.2, 0.25) is 0 Å². The topological polar surface area (TPSA) is 17.1 Å². The summed E-state index contributed by atoms with van der Waals surface area (Å²) < 4.78 is 0.981. The minimum atomic E-state index is 0.0821. The predicted molar refractivity (Wildman–Crippen MR) is 73.5 cm³/mol. The number of benzene rings is 2. The second kappa shape index (κ2) is 4.84. The highest BCUT2D eigenvalue weighted by Gasteiger charge is 2.12. The average molecular weight is 289 g/mol. The fourth-order valence-corrected chi connectivity index (χ4v) is 2.02. The Bertz CT molecular complexity index is 556. The summed E-state index contributed by atoms with van der Waals surface area (Å²) in [5.41, 5.74) is 3.71. The number of halogens is 1. The number of carbonyl (C=O) groups excluding carboxylic acids is 1. The maximum atomic E-state index is 12.3. The largest absolute Gasteiger partial charge is 0.289 e. The molecule has 2 aromatic carbocycles. The summed E-state index contributed by atoms with van der Waals surface area (Å²) in [5, 5.41) is 0. The highest BCUT2D eigenvalue weighted by atomic mass is 79.9. The zero-order valence-corrected chi connectivity index (χ0v) is 11.4. The van der Waals surface area contributed by atoms with Crippen molar-refractivity contribution < 1.29 is 4.79 Å². The quantitative estimate of drug-likeness (QED) is 0.753. The van der Waals surface area contributed by atoms with Crippen LogP contribution in [-0.2, 0) is 0 Å². The molecule has 0 aliphatic heterocycles. The molecule has 0 amide bonds. The van der Waals surface area contributed by atoms with Gasteiger partial charge in [-0.3, -0.25) is 4.79 Å². The molecule has 0 saturated heterocycles. The summed E-state index contributed by atoms with van der Waals surface area (Å²) in [6.45, 7) is 4.01. The Labute approximate surface area is 110 Å². The molecule has 0 bridgehead atoms. The van der Waals surface area contributed by atoms with Gasteiger partial charge in [-0.05, 0) is 49.2 Å². The Morgan fingerprint density at radius 1 is 1.00 bits per heavy atom. The smallest absolute Gasteiger partial charge is 0.193 e. The van der Waals surface area contributed by atoms with Crippen LogP contribution >= 0.6 is 15.9 Å². The fourth-order valence-electron chi connectivity index (χ4n) is 1.75. The molecule has 0 unspecified atom stereocenters. The Hall–Kier alpha value is -1.41. The molecule has 0 fully saturated rings. The molecule has 2 aromatic rings. The lowest BCUT2D eigenvalue weighted by atomic mass is 9.96. The van der Waals surface area contributed by atoms with Crippen molar-refractivity contribution in [1.82, 2.24) is 0 Å². The van der Waals surface area contributed by atoms with Gasteiger partial charge in [-0.1, -0.05) is 34.1 Å². The van der Waals surface area contributed by atoms with Crippen LogP contribution in [0.1, 0.15) is 27.0 Å². The van der Waals surface area contributed by atoms with Gasteiger partial charge in [0.15, 0.2) is 5.78 Å². The van der Waals surface area contributed by atoms with Crippen molar-refractivity contribution in [1.29, 1.82) is 0 Å². The highest BCUT2D eigenvalue weighted by molar-refractivity contribution is 9.10. The van der Waals surface area contributed by atoms with Gasteiger partial charge in [0.1, 0.15) is 0 Å². The molecule has 2 rings (SSSR count). The van der Waals surface area contributed by atoms with Crippen molar-refractivity contribution in [2.75, 3.05) is 0 Å². The second-order valence-corrected chi connectivity index (χ2v) is 5.00. The third-order valence-electron chi connectivity index (χ3n) is 2.96. The van der Waals surface area contributed by atoms with E-state index in [1.165, 1.54) is 0 Å². The van der Waals surface area contributed by atoms with E-state index in [-0.39, 0.29) is 5.78 Å². The van der Waals surface area contributed by atoms with Gasteiger partial charge in [0, 0.05) is 15.6 Å². The molecule has 0 atom stereocenters. The third kappa shape index (κ3) is 2.47. The van der Waals surface area contributed by atoms with E-state index in [0.717, 1.165) is 26.7 Å². The van der Waals surface area contributed by atoms with Crippen LogP contribution in [0.5, 0.6) is 0 Å². The minimum absolute atomic E-state index is 0.0821. The molecular weight excluding hydrogens is 276 g/mol. The molecule has 0 aromatic heterocycles. The van der Waals surface area contributed by atoms with Crippen LogP contribution in [0.4, 0.5) is 0 Å². The van der Waals surface area contributed by atoms with Crippen LogP contribution in [0.3, 0.4) is 0 Å². The molecule has 0 saturated carbocycles. The molecule has 1 nitrogen and oxygen atoms in total. The van der Waals surface area contributed by atoms with Crippen molar-refractivity contribution in [3.63, 3.8) is 0 Å². The first kappa shape index (κ1) is 12.1. The summed E-state index contributed by atoms with van der Waals surface area (Å²) in [6, 6.07) is 13.3. The number of hydrogen-bond donors (Lipinski definition) is 0. The molecule has 0 aliphatic carbocycles. The van der Waals surface area contributed by atoms with Gasteiger partial charge in [0.05, 0.1) is 0 Å². The van der Waals surface area contributed by atoms with Crippen LogP contribution < -0.4 is 0 Å². The lowest BCUT2D eigenvalue weighted by Crippen LogP contribution is -2.04. The molecule has 2 heteroatoms. The number of hydrogen-bond acceptors (Lipinski definition) is 1. The van der Waals surface area contributed by atoms with E-state index in [4.69, 9.17) is 0 Å². The predicted octanol–water partition coefficient (Wildman–Crippen LogP) is 4.30. The molecule has 0 spiro atoms. The molecular formula is C15H13BrO. The first-order valence-corrected chi connectivity index (χ1v) is 6.25. The zero-order chi connectivity index (χ0) is 12.4. The first-order valence-electron chi connectivity index (χ1n) is 5.46. The second-order valence-electron chi connectivity index (χ2n) is 4.08. The number of rotatable bonds is 2. The molecule has 0 heterocycles. The third-order valence-corrected chi connectivity index (χ3v) is 3.48. The summed E-state index contributed by atoms with van der Waals surface area (Å²) in [4.78, 5) is 12.3. The lowest BCUT2D eigenvalue weighted by Gasteiger charge is -2.07. The first-order chi connectivity index (χ1) is 8.09. The van der Waals surface area contributed by atoms with E-state index < -0.39 is 0 Å². The van der Waals surface area contributed by atoms with E-state index in [9.17, 15) is 4.79 Å². The van der Waals surface area contributed by atoms with Gasteiger partial charge in [0.25, 0.3) is 0 Å². The van der Waals surface area contributed by atoms with E-state index in [1.807, 2.05) is 56.3 Å². The number of aryl methyl sites for hydroxylation is 1. The normalized spacial score (nSPS) is 10.3. The lowest BCUT2D eigenvalue weighted by molar-refractivity contribution is 0.103. The summed E-state index contributed by atoms with van der Waals surface area (Å²) in [7, 11) is 0. The Morgan fingerprint density at radius 2 is 1.65 bits per heavy atom. The highest BCUT2D eigenvalue weighted by Crippen LogP contribution is 2.18. The summed E-state index contributed by atoms with van der Waals surface area (Å²) in [6.07, 6.45) is 0. The Morgan fingerprint density at radius 3 is 2.29 bits per heavy atom. The SMILES string of the molecule is Cc1cccc(C(=O)c2ccc(Br)cc2)c1C. The van der Waals surface area contributed by atoms with Gasteiger partial charge >= 0.3 is 0 Å². The van der Waals surface area contributed by atoms with Crippen molar-refractivity contribution in [2.24, 2.45) is 0 Å². The van der Waals surface area contributed by atoms with Crippen molar-refractivity contribution >= 4 is 21.7 Å².